The largest absolute Gasteiger partial charge is 0.507 e. The standard InChI is InChI=1S/C63H70N3O.Pt/c1-59(2,3)39-40-24-26-41(27-25-40)43-30-31-64-53(35-43)45-32-44(33-47(34-45)61(7,8)9)49-22-19-23-55-56(49)65-58(51-37-48(62(10,11)12)38-52(57(51)67)63(13,14)15)66(55)54-29-28-46(60(4,5)6)36-50(54)42-20-17-16-18-21-42;/h16-31,33-38,67H,39H2,1-15H3;/q-1;/i10D3,11D3,12D3,13D3,14D3,15D3,16D,17D,18D,20D,21D,39D2;. The number of benzene rings is 6. The normalized spacial score (nSPS) is 19.3. The summed E-state index contributed by atoms with van der Waals surface area (Å²) >= 11 is 0. The van der Waals surface area contributed by atoms with E-state index in [1.807, 2.05) is 92.6 Å². The Morgan fingerprint density at radius 2 is 1.26 bits per heavy atom. The van der Waals surface area contributed by atoms with Crippen molar-refractivity contribution in [3.8, 4) is 67.5 Å². The number of imidazole rings is 1. The second-order valence-electron chi connectivity index (χ2n) is 20.2. The van der Waals surface area contributed by atoms with Crippen LogP contribution in [0.15, 0.2) is 133 Å². The molecule has 0 saturated heterocycles. The fourth-order valence-corrected chi connectivity index (χ4v) is 8.05. The molecule has 0 unspecified atom stereocenters. The van der Waals surface area contributed by atoms with E-state index in [4.69, 9.17) is 41.5 Å². The van der Waals surface area contributed by atoms with E-state index in [2.05, 4.69) is 6.07 Å². The summed E-state index contributed by atoms with van der Waals surface area (Å²) in [6.07, 6.45) is -0.0650. The molecule has 0 aliphatic carbocycles. The Balaban J connectivity index is 0.0000123. The van der Waals surface area contributed by atoms with Gasteiger partial charge in [-0.05, 0) is 97.2 Å². The second kappa shape index (κ2) is 18.4. The van der Waals surface area contributed by atoms with Gasteiger partial charge in [-0.2, -0.15) is 0 Å². The van der Waals surface area contributed by atoms with E-state index in [1.54, 1.807) is 42.6 Å². The summed E-state index contributed by atoms with van der Waals surface area (Å²) in [6.45, 7) is -8.46. The Bertz CT molecular complexity index is 4090. The third-order valence-electron chi connectivity index (χ3n) is 11.5. The number of para-hydroxylation sites is 1. The number of aromatic hydroxyl groups is 1. The zero-order chi connectivity index (χ0) is 69.6. The van der Waals surface area contributed by atoms with Gasteiger partial charge in [0.05, 0.1) is 29.1 Å². The first kappa shape index (κ1) is 27.0. The topological polar surface area (TPSA) is 50.9 Å². The van der Waals surface area contributed by atoms with Crippen LogP contribution in [0.4, 0.5) is 0 Å². The SMILES string of the molecule is [2H]c1c([2H])c([2H])c(-c2cc(C(C)(C)C)ccc2-n2c(-c3cc(C(C([2H])([2H])[2H])(C([2H])([2H])[2H])C([2H])([2H])[2H])cc(C(C([2H])([2H])[2H])(C([2H])([2H])[2H])C([2H])([2H])[2H])c3O)nc3c(-c4[c-]c(-c5cc(-c6ccc(C([2H])([2H])C(C)(C)C)cc6)ccn5)cc(C(C)(C)C)c4)cccc32)c([2H])c1[2H].[Pt]. The van der Waals surface area contributed by atoms with Gasteiger partial charge in [0.1, 0.15) is 11.6 Å². The van der Waals surface area contributed by atoms with E-state index >= 15 is 0 Å². The average molecular weight is 1110 g/mol. The molecular weight excluding hydrogens is 1010 g/mol. The zero-order valence-corrected chi connectivity index (χ0v) is 41.7. The maximum Gasteiger partial charge on any atom is 0.148 e. The second-order valence-corrected chi connectivity index (χ2v) is 20.2. The molecule has 0 aliphatic rings. The number of phenols is 1. The van der Waals surface area contributed by atoms with Gasteiger partial charge in [-0.3, -0.25) is 9.55 Å². The monoisotopic (exact) mass is 1100 g/mol. The molecule has 6 aromatic carbocycles. The van der Waals surface area contributed by atoms with Crippen LogP contribution >= 0.6 is 0 Å². The van der Waals surface area contributed by atoms with Crippen molar-refractivity contribution in [1.29, 1.82) is 0 Å². The quantitative estimate of drug-likeness (QED) is 0.162. The molecule has 354 valence electrons. The van der Waals surface area contributed by atoms with E-state index in [9.17, 15) is 7.85 Å². The number of fused-ring (bicyclic) bond motifs is 1. The van der Waals surface area contributed by atoms with Crippen LogP contribution in [-0.4, -0.2) is 19.6 Å². The first-order valence-corrected chi connectivity index (χ1v) is 21.9. The Labute approximate surface area is 456 Å². The number of hydrogen-bond acceptors (Lipinski definition) is 3. The van der Waals surface area contributed by atoms with Crippen molar-refractivity contribution in [2.75, 3.05) is 0 Å². The molecule has 1 N–H and O–H groups in total. The van der Waals surface area contributed by atoms with Gasteiger partial charge in [0.25, 0.3) is 0 Å². The summed E-state index contributed by atoms with van der Waals surface area (Å²) in [6, 6.07) is 24.3. The van der Waals surface area contributed by atoms with Crippen LogP contribution in [0.2, 0.25) is 0 Å². The maximum atomic E-state index is 13.2. The predicted molar refractivity (Wildman–Crippen MR) is 285 cm³/mol. The van der Waals surface area contributed by atoms with E-state index in [0.717, 1.165) is 11.1 Å². The third-order valence-corrected chi connectivity index (χ3v) is 11.5. The Hall–Kier alpha value is -5.57. The smallest absolute Gasteiger partial charge is 0.148 e. The van der Waals surface area contributed by atoms with Crippen molar-refractivity contribution < 1.29 is 60.4 Å². The average Bonchev–Trinajstić information content (AvgIpc) is 1.15. The van der Waals surface area contributed by atoms with Crippen LogP contribution in [0.1, 0.15) is 166 Å². The molecule has 0 amide bonds. The van der Waals surface area contributed by atoms with Crippen molar-refractivity contribution in [2.45, 2.75) is 131 Å². The molecule has 0 radical (unpaired) electrons. The zero-order valence-electron chi connectivity index (χ0n) is 64.4. The molecular formula is C63H70N3OPt-. The number of aromatic nitrogens is 3. The van der Waals surface area contributed by atoms with Crippen LogP contribution in [0.25, 0.3) is 72.7 Å². The van der Waals surface area contributed by atoms with Crippen LogP contribution in [0.3, 0.4) is 0 Å². The number of nitrogens with zero attached hydrogens (tertiary/aromatic N) is 3. The Kier molecular flexibility index (Phi) is 7.30. The molecule has 8 rings (SSSR count). The molecule has 0 spiro atoms. The molecule has 0 saturated carbocycles. The molecule has 0 atom stereocenters. The molecule has 2 aromatic heterocycles. The molecule has 0 fully saturated rings. The number of pyridine rings is 1. The molecule has 2 heterocycles. The molecule has 5 heteroatoms. The van der Waals surface area contributed by atoms with Gasteiger partial charge in [-0.25, -0.2) is 4.98 Å². The Morgan fingerprint density at radius 3 is 1.91 bits per heavy atom. The fraction of sp³-hybridized carbons (Fsp3) is 0.333. The van der Waals surface area contributed by atoms with Crippen molar-refractivity contribution in [2.24, 2.45) is 5.41 Å². The summed E-state index contributed by atoms with van der Waals surface area (Å²) in [5.74, 6) is -2.21. The number of rotatable bonds is 7. The number of phenolic OH excluding ortho intramolecular Hbond substituents is 1. The first-order chi connectivity index (χ1) is 41.6. The molecule has 0 bridgehead atoms. The third kappa shape index (κ3) is 10.5. The number of hydrogen-bond donors (Lipinski definition) is 1. The van der Waals surface area contributed by atoms with E-state index in [0.29, 0.717) is 39.6 Å². The fourth-order valence-electron chi connectivity index (χ4n) is 8.05. The van der Waals surface area contributed by atoms with Gasteiger partial charge < -0.3 is 5.11 Å². The van der Waals surface area contributed by atoms with Crippen molar-refractivity contribution >= 4 is 11.0 Å². The van der Waals surface area contributed by atoms with Crippen LogP contribution in [0, 0.1) is 11.5 Å². The van der Waals surface area contributed by atoms with Gasteiger partial charge in [-0.15, -0.1) is 29.3 Å². The van der Waals surface area contributed by atoms with Crippen LogP contribution in [-0.2, 0) is 49.1 Å². The Morgan fingerprint density at radius 1 is 0.618 bits per heavy atom. The summed E-state index contributed by atoms with van der Waals surface area (Å²) < 4.78 is 222. The predicted octanol–water partition coefficient (Wildman–Crippen LogP) is 17.0. The maximum absolute atomic E-state index is 13.2. The minimum atomic E-state index is -4.28. The van der Waals surface area contributed by atoms with Crippen molar-refractivity contribution in [1.82, 2.24) is 14.5 Å². The minimum Gasteiger partial charge on any atom is -0.507 e. The van der Waals surface area contributed by atoms with Crippen molar-refractivity contribution in [3.05, 3.63) is 167 Å². The van der Waals surface area contributed by atoms with E-state index in [-0.39, 0.29) is 60.5 Å². The summed E-state index contributed by atoms with van der Waals surface area (Å²) in [7, 11) is 0. The van der Waals surface area contributed by atoms with E-state index < -0.39 is 133 Å². The molecule has 68 heavy (non-hydrogen) atoms. The van der Waals surface area contributed by atoms with Gasteiger partial charge in [-0.1, -0.05) is 199 Å². The van der Waals surface area contributed by atoms with Gasteiger partial charge in [0, 0.05) is 71.5 Å². The minimum absolute atomic E-state index is 0. The van der Waals surface area contributed by atoms with Crippen LogP contribution < -0.4 is 0 Å². The van der Waals surface area contributed by atoms with E-state index in [1.165, 1.54) is 22.8 Å². The first-order valence-electron chi connectivity index (χ1n) is 34.4. The van der Waals surface area contributed by atoms with Gasteiger partial charge >= 0.3 is 0 Å². The van der Waals surface area contributed by atoms with Gasteiger partial charge in [0.15, 0.2) is 0 Å². The molecule has 8 aromatic rings. The molecule has 4 nitrogen and oxygen atoms in total. The summed E-state index contributed by atoms with van der Waals surface area (Å²) in [4.78, 5) is 9.86. The summed E-state index contributed by atoms with van der Waals surface area (Å²) in [5, 5.41) is 13.2. The van der Waals surface area contributed by atoms with Crippen molar-refractivity contribution in [3.63, 3.8) is 0 Å². The van der Waals surface area contributed by atoms with Crippen LogP contribution in [0.5, 0.6) is 5.75 Å². The van der Waals surface area contributed by atoms with Gasteiger partial charge in [0.2, 0.25) is 0 Å². The molecule has 0 aliphatic heterocycles. The summed E-state index contributed by atoms with van der Waals surface area (Å²) in [5.41, 5.74) is -10.6.